The van der Waals surface area contributed by atoms with E-state index < -0.39 is 0 Å². The van der Waals surface area contributed by atoms with Crippen molar-refractivity contribution in [2.45, 2.75) is 105 Å². The molecule has 2 fully saturated rings. The van der Waals surface area contributed by atoms with E-state index >= 15 is 0 Å². The number of benzene rings is 2. The Balaban J connectivity index is 1.46. The number of carbonyl (C=O) groups excluding carboxylic acids is 2. The Labute approximate surface area is 218 Å². The molecule has 2 aromatic carbocycles. The molecular formula is C32H46N2O2. The number of hydrogen-bond acceptors (Lipinski definition) is 2. The van der Waals surface area contributed by atoms with Crippen LogP contribution >= 0.6 is 0 Å². The average molecular weight is 491 g/mol. The maximum absolute atomic E-state index is 13.2. The zero-order valence-corrected chi connectivity index (χ0v) is 23.2. The van der Waals surface area contributed by atoms with Gasteiger partial charge in [0, 0.05) is 23.2 Å². The fourth-order valence-corrected chi connectivity index (χ4v) is 6.71. The number of nitrogens with one attached hydrogen (secondary N) is 2. The summed E-state index contributed by atoms with van der Waals surface area (Å²) in [6.45, 7) is 13.7. The Hall–Kier alpha value is -2.36. The molecule has 4 nitrogen and oxygen atoms in total. The van der Waals surface area contributed by atoms with Crippen molar-refractivity contribution in [3.63, 3.8) is 0 Å². The Kier molecular flexibility index (Phi) is 7.83. The van der Waals surface area contributed by atoms with Crippen molar-refractivity contribution in [1.82, 2.24) is 10.6 Å². The van der Waals surface area contributed by atoms with Gasteiger partial charge in [-0.2, -0.15) is 0 Å². The van der Waals surface area contributed by atoms with Gasteiger partial charge >= 0.3 is 0 Å². The van der Waals surface area contributed by atoms with E-state index in [-0.39, 0.29) is 34.7 Å². The molecule has 2 aliphatic carbocycles. The summed E-state index contributed by atoms with van der Waals surface area (Å²) in [5, 5.41) is 8.66. The summed E-state index contributed by atoms with van der Waals surface area (Å²) in [6, 6.07) is 12.1. The van der Waals surface area contributed by atoms with E-state index in [9.17, 15) is 9.59 Å². The molecule has 4 unspecified atom stereocenters. The van der Waals surface area contributed by atoms with E-state index in [0.29, 0.717) is 23.0 Å². The molecular weight excluding hydrogens is 444 g/mol. The van der Waals surface area contributed by atoms with Crippen LogP contribution in [0.5, 0.6) is 0 Å². The smallest absolute Gasteiger partial charge is 0.251 e. The van der Waals surface area contributed by atoms with E-state index in [1.54, 1.807) is 0 Å². The molecule has 2 saturated carbocycles. The van der Waals surface area contributed by atoms with Crippen LogP contribution in [-0.4, -0.2) is 23.9 Å². The highest BCUT2D eigenvalue weighted by atomic mass is 16.2. The second kappa shape index (κ2) is 10.6. The van der Waals surface area contributed by atoms with Gasteiger partial charge in [0.15, 0.2) is 0 Å². The van der Waals surface area contributed by atoms with Gasteiger partial charge in [0.2, 0.25) is 0 Å². The Morgan fingerprint density at radius 1 is 0.611 bits per heavy atom. The Bertz CT molecular complexity index is 1000. The molecule has 0 spiro atoms. The van der Waals surface area contributed by atoms with Crippen LogP contribution in [0.1, 0.15) is 114 Å². The number of carbonyl (C=O) groups is 2. The van der Waals surface area contributed by atoms with Crippen molar-refractivity contribution in [2.75, 3.05) is 0 Å². The van der Waals surface area contributed by atoms with Gasteiger partial charge in [-0.05, 0) is 83.4 Å². The Morgan fingerprint density at radius 2 is 0.972 bits per heavy atom. The lowest BCUT2D eigenvalue weighted by molar-refractivity contribution is 0.0820. The van der Waals surface area contributed by atoms with Gasteiger partial charge in [-0.3, -0.25) is 9.59 Å². The standard InChI is InChI=1S/C32H46N2O2/c1-31(2,3)25-11-7-9-13-27(25)33-29(35)23-17-15-22-20-24(18-16-21(22)19-23)30(36)34-28-14-10-8-12-26(28)32(4,5)6/h15-20,25-28H,7-14H2,1-6H3,(H,33,35)(H,34,36). The minimum absolute atomic E-state index is 0.00499. The van der Waals surface area contributed by atoms with Crippen molar-refractivity contribution >= 4 is 22.6 Å². The van der Waals surface area contributed by atoms with Crippen LogP contribution in [0.4, 0.5) is 0 Å². The predicted molar refractivity (Wildman–Crippen MR) is 149 cm³/mol. The molecule has 36 heavy (non-hydrogen) atoms. The molecule has 4 rings (SSSR count). The summed E-state index contributed by atoms with van der Waals surface area (Å²) in [6.07, 6.45) is 9.31. The van der Waals surface area contributed by atoms with E-state index in [4.69, 9.17) is 0 Å². The van der Waals surface area contributed by atoms with E-state index in [1.807, 2.05) is 36.4 Å². The average Bonchev–Trinajstić information content (AvgIpc) is 2.82. The number of fused-ring (bicyclic) bond motifs is 1. The first kappa shape index (κ1) is 26.7. The summed E-state index contributed by atoms with van der Waals surface area (Å²) in [4.78, 5) is 26.3. The molecule has 4 atom stereocenters. The highest BCUT2D eigenvalue weighted by molar-refractivity contribution is 6.02. The molecule has 0 aliphatic heterocycles. The van der Waals surface area contributed by atoms with Crippen molar-refractivity contribution < 1.29 is 9.59 Å². The van der Waals surface area contributed by atoms with Crippen LogP contribution in [0, 0.1) is 22.7 Å². The minimum atomic E-state index is 0.00499. The summed E-state index contributed by atoms with van der Waals surface area (Å²) >= 11 is 0. The van der Waals surface area contributed by atoms with Gasteiger partial charge < -0.3 is 10.6 Å². The quantitative estimate of drug-likeness (QED) is 0.466. The highest BCUT2D eigenvalue weighted by Gasteiger charge is 2.36. The van der Waals surface area contributed by atoms with Gasteiger partial charge in [0.05, 0.1) is 0 Å². The lowest BCUT2D eigenvalue weighted by atomic mass is 9.69. The molecule has 0 aromatic heterocycles. The van der Waals surface area contributed by atoms with Gasteiger partial charge in [-0.1, -0.05) is 79.4 Å². The fraction of sp³-hybridized carbons (Fsp3) is 0.625. The summed E-state index contributed by atoms with van der Waals surface area (Å²) < 4.78 is 0. The molecule has 2 amide bonds. The zero-order chi connectivity index (χ0) is 26.1. The van der Waals surface area contributed by atoms with E-state index in [0.717, 1.165) is 23.6 Å². The van der Waals surface area contributed by atoms with Crippen LogP contribution in [-0.2, 0) is 0 Å². The number of hydrogen-bond donors (Lipinski definition) is 2. The third-order valence-electron chi connectivity index (χ3n) is 8.75. The minimum Gasteiger partial charge on any atom is -0.349 e. The summed E-state index contributed by atoms with van der Waals surface area (Å²) in [5.74, 6) is 1.01. The van der Waals surface area contributed by atoms with Gasteiger partial charge in [-0.15, -0.1) is 0 Å². The molecule has 0 saturated heterocycles. The topological polar surface area (TPSA) is 58.2 Å². The zero-order valence-electron chi connectivity index (χ0n) is 23.2. The third kappa shape index (κ3) is 6.12. The summed E-state index contributed by atoms with van der Waals surface area (Å²) in [7, 11) is 0. The lowest BCUT2D eigenvalue weighted by Gasteiger charge is -2.40. The highest BCUT2D eigenvalue weighted by Crippen LogP contribution is 2.39. The van der Waals surface area contributed by atoms with Crippen LogP contribution in [0.2, 0.25) is 0 Å². The Morgan fingerprint density at radius 3 is 1.33 bits per heavy atom. The largest absolute Gasteiger partial charge is 0.349 e. The molecule has 2 N–H and O–H groups in total. The van der Waals surface area contributed by atoms with Crippen LogP contribution < -0.4 is 10.6 Å². The van der Waals surface area contributed by atoms with Gasteiger partial charge in [0.25, 0.3) is 11.8 Å². The third-order valence-corrected chi connectivity index (χ3v) is 8.75. The van der Waals surface area contributed by atoms with Crippen molar-refractivity contribution in [2.24, 2.45) is 22.7 Å². The SMILES string of the molecule is CC(C)(C)C1CCCCC1NC(=O)c1ccc2cc(C(=O)NC3CCCCC3C(C)(C)C)ccc2c1. The molecule has 0 bridgehead atoms. The number of rotatable bonds is 4. The monoisotopic (exact) mass is 490 g/mol. The molecule has 0 heterocycles. The first-order valence-electron chi connectivity index (χ1n) is 14.1. The van der Waals surface area contributed by atoms with Crippen LogP contribution in [0.15, 0.2) is 36.4 Å². The number of amides is 2. The molecule has 2 aromatic rings. The second-order valence-electron chi connectivity index (χ2n) is 13.5. The van der Waals surface area contributed by atoms with E-state index in [1.165, 1.54) is 38.5 Å². The van der Waals surface area contributed by atoms with Gasteiger partial charge in [-0.25, -0.2) is 0 Å². The van der Waals surface area contributed by atoms with E-state index in [2.05, 4.69) is 52.2 Å². The van der Waals surface area contributed by atoms with Crippen molar-refractivity contribution in [3.8, 4) is 0 Å². The molecule has 4 heteroatoms. The maximum Gasteiger partial charge on any atom is 0.251 e. The summed E-state index contributed by atoms with van der Waals surface area (Å²) in [5.41, 5.74) is 1.74. The first-order chi connectivity index (χ1) is 16.9. The van der Waals surface area contributed by atoms with Crippen molar-refractivity contribution in [3.05, 3.63) is 47.5 Å². The predicted octanol–water partition coefficient (Wildman–Crippen LogP) is 7.51. The molecule has 0 radical (unpaired) electrons. The fourth-order valence-electron chi connectivity index (χ4n) is 6.71. The van der Waals surface area contributed by atoms with Crippen LogP contribution in [0.25, 0.3) is 10.8 Å². The van der Waals surface area contributed by atoms with Gasteiger partial charge in [0.1, 0.15) is 0 Å². The first-order valence-corrected chi connectivity index (χ1v) is 14.1. The maximum atomic E-state index is 13.2. The molecule has 2 aliphatic rings. The normalized spacial score (nSPS) is 25.4. The molecule has 196 valence electrons. The van der Waals surface area contributed by atoms with Crippen LogP contribution in [0.3, 0.4) is 0 Å². The lowest BCUT2D eigenvalue weighted by Crippen LogP contribution is -2.46. The van der Waals surface area contributed by atoms with Crippen molar-refractivity contribution in [1.29, 1.82) is 0 Å². The second-order valence-corrected chi connectivity index (χ2v) is 13.5.